The average Bonchev–Trinajstić information content (AvgIpc) is 2.92. The predicted molar refractivity (Wildman–Crippen MR) is 146 cm³/mol. The zero-order valence-electron chi connectivity index (χ0n) is 21.4. The van der Waals surface area contributed by atoms with E-state index in [-0.39, 0.29) is 35.3 Å². The molecule has 2 N–H and O–H groups in total. The summed E-state index contributed by atoms with van der Waals surface area (Å²) in [7, 11) is 3.32. The number of morpholine rings is 1. The topological polar surface area (TPSA) is 117 Å². The molecule has 1 unspecified atom stereocenters. The second-order valence-electron chi connectivity index (χ2n) is 9.28. The van der Waals surface area contributed by atoms with Crippen molar-refractivity contribution in [2.24, 2.45) is 0 Å². The van der Waals surface area contributed by atoms with E-state index in [0.717, 1.165) is 13.1 Å². The van der Waals surface area contributed by atoms with Gasteiger partial charge in [-0.15, -0.1) is 0 Å². The summed E-state index contributed by atoms with van der Waals surface area (Å²) in [5.74, 6) is -0.962. The number of nitrogens with zero attached hydrogens (tertiary/aromatic N) is 3. The van der Waals surface area contributed by atoms with Crippen molar-refractivity contribution in [2.75, 3.05) is 50.6 Å². The van der Waals surface area contributed by atoms with Gasteiger partial charge in [0.1, 0.15) is 5.69 Å². The Morgan fingerprint density at radius 2 is 1.74 bits per heavy atom. The molecule has 10 heteroatoms. The summed E-state index contributed by atoms with van der Waals surface area (Å²) in [5.41, 5.74) is 1.81. The number of nitro benzene ring substituents is 1. The minimum absolute atomic E-state index is 0.00327. The van der Waals surface area contributed by atoms with Crippen LogP contribution in [0.25, 0.3) is 0 Å². The fourth-order valence-electron chi connectivity index (χ4n) is 4.35. The standard InChI is InChI=1S/C28H31N5O5/c1-31(2)25-16-24(30-27(34)21-11-7-4-8-12-21)23(15-26(25)33(36)37)28(35)29-17-22-19-32(13-14-38-22)18-20-9-5-3-6-10-20/h3-12,15-16,22H,13-14,17-19H2,1-2H3,(H,29,35)(H,30,34). The maximum absolute atomic E-state index is 13.3. The van der Waals surface area contributed by atoms with Crippen LogP contribution in [0.4, 0.5) is 17.1 Å². The van der Waals surface area contributed by atoms with Gasteiger partial charge in [0.2, 0.25) is 0 Å². The number of carbonyl (C=O) groups excluding carboxylic acids is 2. The number of nitro groups is 1. The molecule has 0 spiro atoms. The molecule has 0 bridgehead atoms. The second-order valence-corrected chi connectivity index (χ2v) is 9.28. The van der Waals surface area contributed by atoms with Gasteiger partial charge >= 0.3 is 0 Å². The van der Waals surface area contributed by atoms with Crippen molar-refractivity contribution in [3.8, 4) is 0 Å². The lowest BCUT2D eigenvalue weighted by molar-refractivity contribution is -0.384. The lowest BCUT2D eigenvalue weighted by atomic mass is 10.1. The molecular weight excluding hydrogens is 486 g/mol. The Kier molecular flexibility index (Phi) is 8.67. The first kappa shape index (κ1) is 26.8. The summed E-state index contributed by atoms with van der Waals surface area (Å²) in [6.07, 6.45) is -0.241. The Balaban J connectivity index is 1.51. The SMILES string of the molecule is CN(C)c1cc(NC(=O)c2ccccc2)c(C(=O)NCC2CN(Cc3ccccc3)CCO2)cc1[N+](=O)[O-]. The largest absolute Gasteiger partial charge is 0.374 e. The molecular formula is C28H31N5O5. The van der Waals surface area contributed by atoms with Gasteiger partial charge in [0.15, 0.2) is 0 Å². The molecule has 0 aliphatic carbocycles. The van der Waals surface area contributed by atoms with E-state index in [4.69, 9.17) is 4.74 Å². The van der Waals surface area contributed by atoms with Gasteiger partial charge in [-0.05, 0) is 23.8 Å². The summed E-state index contributed by atoms with van der Waals surface area (Å²) in [6, 6.07) is 21.3. The molecule has 1 atom stereocenters. The van der Waals surface area contributed by atoms with E-state index < -0.39 is 16.7 Å². The number of nitrogens with one attached hydrogen (secondary N) is 2. The molecule has 1 aliphatic rings. The zero-order valence-corrected chi connectivity index (χ0v) is 21.4. The first-order valence-electron chi connectivity index (χ1n) is 12.3. The Hall–Kier alpha value is -4.28. The van der Waals surface area contributed by atoms with Crippen molar-refractivity contribution in [1.29, 1.82) is 0 Å². The van der Waals surface area contributed by atoms with Gasteiger partial charge < -0.3 is 20.3 Å². The molecule has 2 amide bonds. The number of benzene rings is 3. The summed E-state index contributed by atoms with van der Waals surface area (Å²) >= 11 is 0. The van der Waals surface area contributed by atoms with Gasteiger partial charge in [0.25, 0.3) is 17.5 Å². The summed E-state index contributed by atoms with van der Waals surface area (Å²) in [6.45, 7) is 2.95. The molecule has 3 aromatic rings. The number of anilines is 2. The minimum atomic E-state index is -0.541. The smallest absolute Gasteiger partial charge is 0.293 e. The summed E-state index contributed by atoms with van der Waals surface area (Å²) in [4.78, 5) is 41.2. The molecule has 1 aliphatic heterocycles. The molecule has 1 saturated heterocycles. The monoisotopic (exact) mass is 517 g/mol. The van der Waals surface area contributed by atoms with Gasteiger partial charge in [-0.2, -0.15) is 0 Å². The highest BCUT2D eigenvalue weighted by Gasteiger charge is 2.26. The van der Waals surface area contributed by atoms with Crippen LogP contribution >= 0.6 is 0 Å². The van der Waals surface area contributed by atoms with Crippen LogP contribution in [0.1, 0.15) is 26.3 Å². The Morgan fingerprint density at radius 3 is 2.39 bits per heavy atom. The van der Waals surface area contributed by atoms with Crippen LogP contribution in [-0.4, -0.2) is 68.1 Å². The maximum atomic E-state index is 13.3. The van der Waals surface area contributed by atoms with Crippen molar-refractivity contribution in [2.45, 2.75) is 12.6 Å². The number of rotatable bonds is 9. The van der Waals surface area contributed by atoms with Crippen molar-refractivity contribution in [3.05, 3.63) is 99.6 Å². The molecule has 0 radical (unpaired) electrons. The van der Waals surface area contributed by atoms with E-state index in [0.29, 0.717) is 18.7 Å². The third-order valence-electron chi connectivity index (χ3n) is 6.28. The third-order valence-corrected chi connectivity index (χ3v) is 6.28. The maximum Gasteiger partial charge on any atom is 0.293 e. The van der Waals surface area contributed by atoms with Crippen molar-refractivity contribution < 1.29 is 19.2 Å². The zero-order chi connectivity index (χ0) is 27.1. The van der Waals surface area contributed by atoms with Crippen LogP contribution in [0.3, 0.4) is 0 Å². The van der Waals surface area contributed by atoms with E-state index in [1.165, 1.54) is 17.7 Å². The molecule has 0 aromatic heterocycles. The Labute approximate surface area is 221 Å². The van der Waals surface area contributed by atoms with E-state index >= 15 is 0 Å². The number of hydrogen-bond donors (Lipinski definition) is 2. The Morgan fingerprint density at radius 1 is 1.05 bits per heavy atom. The molecule has 38 heavy (non-hydrogen) atoms. The van der Waals surface area contributed by atoms with Gasteiger partial charge in [0, 0.05) is 51.9 Å². The van der Waals surface area contributed by atoms with E-state index in [1.54, 1.807) is 49.3 Å². The van der Waals surface area contributed by atoms with Crippen LogP contribution in [0, 0.1) is 10.1 Å². The highest BCUT2D eigenvalue weighted by atomic mass is 16.6. The normalized spacial score (nSPS) is 15.5. The van der Waals surface area contributed by atoms with Crippen molar-refractivity contribution in [3.63, 3.8) is 0 Å². The first-order valence-corrected chi connectivity index (χ1v) is 12.3. The van der Waals surface area contributed by atoms with Crippen molar-refractivity contribution >= 4 is 28.9 Å². The summed E-state index contributed by atoms with van der Waals surface area (Å²) < 4.78 is 5.86. The van der Waals surface area contributed by atoms with Gasteiger partial charge in [-0.1, -0.05) is 48.5 Å². The van der Waals surface area contributed by atoms with Crippen LogP contribution in [0.15, 0.2) is 72.8 Å². The molecule has 198 valence electrons. The van der Waals surface area contributed by atoms with E-state index in [1.807, 2.05) is 18.2 Å². The fourth-order valence-corrected chi connectivity index (χ4v) is 4.35. The minimum Gasteiger partial charge on any atom is -0.374 e. The number of hydrogen-bond acceptors (Lipinski definition) is 7. The highest BCUT2D eigenvalue weighted by molar-refractivity contribution is 6.10. The van der Waals surface area contributed by atoms with Crippen LogP contribution < -0.4 is 15.5 Å². The summed E-state index contributed by atoms with van der Waals surface area (Å²) in [5, 5.41) is 17.4. The van der Waals surface area contributed by atoms with Crippen LogP contribution in [-0.2, 0) is 11.3 Å². The molecule has 0 saturated carbocycles. The van der Waals surface area contributed by atoms with Gasteiger partial charge in [-0.25, -0.2) is 0 Å². The fraction of sp³-hybridized carbons (Fsp3) is 0.286. The van der Waals surface area contributed by atoms with Gasteiger partial charge in [-0.3, -0.25) is 24.6 Å². The molecule has 1 fully saturated rings. The number of carbonyl (C=O) groups is 2. The third kappa shape index (κ3) is 6.72. The number of ether oxygens (including phenoxy) is 1. The van der Waals surface area contributed by atoms with Crippen LogP contribution in [0.5, 0.6) is 0 Å². The van der Waals surface area contributed by atoms with E-state index in [2.05, 4.69) is 27.7 Å². The lowest BCUT2D eigenvalue weighted by Crippen LogP contribution is -2.47. The molecule has 3 aromatic carbocycles. The highest BCUT2D eigenvalue weighted by Crippen LogP contribution is 2.33. The van der Waals surface area contributed by atoms with Crippen molar-refractivity contribution in [1.82, 2.24) is 10.2 Å². The van der Waals surface area contributed by atoms with E-state index in [9.17, 15) is 19.7 Å². The quantitative estimate of drug-likeness (QED) is 0.329. The predicted octanol–water partition coefficient (Wildman–Crippen LogP) is 3.54. The first-order chi connectivity index (χ1) is 18.3. The lowest BCUT2D eigenvalue weighted by Gasteiger charge is -2.33. The molecule has 1 heterocycles. The Bertz CT molecular complexity index is 1280. The average molecular weight is 518 g/mol. The van der Waals surface area contributed by atoms with Crippen LogP contribution in [0.2, 0.25) is 0 Å². The second kappa shape index (κ2) is 12.3. The van der Waals surface area contributed by atoms with Gasteiger partial charge in [0.05, 0.1) is 28.9 Å². The molecule has 10 nitrogen and oxygen atoms in total. The number of amides is 2. The molecule has 4 rings (SSSR count).